The smallest absolute Gasteiger partial charge is 0.313 e. The highest BCUT2D eigenvalue weighted by atomic mass is 79.9. The number of ether oxygens (including phenoxy) is 1. The molecule has 0 aliphatic carbocycles. The number of anilines is 1. The van der Waals surface area contributed by atoms with Crippen molar-refractivity contribution in [3.05, 3.63) is 22.2 Å². The van der Waals surface area contributed by atoms with E-state index in [4.69, 9.17) is 16.2 Å². The second-order valence-electron chi connectivity index (χ2n) is 4.59. The van der Waals surface area contributed by atoms with Gasteiger partial charge in [-0.25, -0.2) is 0 Å². The van der Waals surface area contributed by atoms with E-state index >= 15 is 0 Å². The number of halogens is 2. The van der Waals surface area contributed by atoms with Crippen LogP contribution >= 0.6 is 28.3 Å². The first-order valence-electron chi connectivity index (χ1n) is 5.34. The summed E-state index contributed by atoms with van der Waals surface area (Å²) in [5.41, 5.74) is 11.3. The lowest BCUT2D eigenvalue weighted by molar-refractivity contribution is -0.152. The summed E-state index contributed by atoms with van der Waals surface area (Å²) in [6, 6.07) is 2.49. The molecule has 0 bridgehead atoms. The number of carbonyl (C=O) groups is 1. The molecular formula is C12H18BrClN2O3. The molecule has 1 aromatic rings. The molecule has 0 saturated heterocycles. The molecular weight excluding hydrogens is 336 g/mol. The van der Waals surface area contributed by atoms with E-state index in [1.807, 2.05) is 0 Å². The van der Waals surface area contributed by atoms with Crippen molar-refractivity contribution < 1.29 is 14.6 Å². The number of esters is 1. The van der Waals surface area contributed by atoms with Crippen LogP contribution in [0.5, 0.6) is 5.75 Å². The summed E-state index contributed by atoms with van der Waals surface area (Å²) in [5.74, 6) is -0.572. The first-order chi connectivity index (χ1) is 8.23. The fraction of sp³-hybridized carbons (Fsp3) is 0.417. The lowest BCUT2D eigenvalue weighted by atomic mass is 9.80. The van der Waals surface area contributed by atoms with Crippen molar-refractivity contribution in [3.8, 4) is 5.75 Å². The predicted molar refractivity (Wildman–Crippen MR) is 80.2 cm³/mol. The minimum absolute atomic E-state index is 0. The Kier molecular flexibility index (Phi) is 6.12. The summed E-state index contributed by atoms with van der Waals surface area (Å²) in [6.07, 6.45) is 0. The fourth-order valence-electron chi connectivity index (χ4n) is 1.65. The molecule has 0 saturated carbocycles. The maximum absolute atomic E-state index is 11.7. The van der Waals surface area contributed by atoms with Gasteiger partial charge in [0, 0.05) is 10.0 Å². The van der Waals surface area contributed by atoms with Crippen LogP contribution < -0.4 is 11.5 Å². The van der Waals surface area contributed by atoms with E-state index in [-0.39, 0.29) is 23.8 Å². The molecule has 7 heteroatoms. The fourth-order valence-corrected chi connectivity index (χ4v) is 2.21. The Morgan fingerprint density at radius 2 is 2.00 bits per heavy atom. The van der Waals surface area contributed by atoms with Gasteiger partial charge in [0.25, 0.3) is 0 Å². The lowest BCUT2D eigenvalue weighted by Crippen LogP contribution is -2.37. The van der Waals surface area contributed by atoms with Crippen LogP contribution in [0.15, 0.2) is 16.6 Å². The van der Waals surface area contributed by atoms with Crippen LogP contribution in [0.1, 0.15) is 25.5 Å². The van der Waals surface area contributed by atoms with Crippen LogP contribution in [0, 0.1) is 5.41 Å². The molecule has 0 heterocycles. The first-order valence-corrected chi connectivity index (χ1v) is 6.13. The summed E-state index contributed by atoms with van der Waals surface area (Å²) >= 11 is 3.30. The number of carbonyl (C=O) groups excluding carboxylic acids is 1. The molecule has 1 aromatic carbocycles. The lowest BCUT2D eigenvalue weighted by Gasteiger charge is -2.30. The Labute approximate surface area is 126 Å². The van der Waals surface area contributed by atoms with E-state index in [1.54, 1.807) is 26.0 Å². The van der Waals surface area contributed by atoms with Crippen LogP contribution in [0.25, 0.3) is 0 Å². The van der Waals surface area contributed by atoms with Gasteiger partial charge in [-0.3, -0.25) is 4.79 Å². The number of phenolic OH excluding ortho intramolecular Hbond substituents is 1. The van der Waals surface area contributed by atoms with Crippen molar-refractivity contribution in [1.82, 2.24) is 0 Å². The van der Waals surface area contributed by atoms with E-state index in [0.717, 1.165) is 0 Å². The molecule has 1 atom stereocenters. The second-order valence-corrected chi connectivity index (χ2v) is 5.44. The minimum atomic E-state index is -0.984. The zero-order valence-corrected chi connectivity index (χ0v) is 13.3. The maximum Gasteiger partial charge on any atom is 0.313 e. The molecule has 0 amide bonds. The molecule has 0 fully saturated rings. The topological polar surface area (TPSA) is 98.6 Å². The van der Waals surface area contributed by atoms with Gasteiger partial charge in [0.1, 0.15) is 5.75 Å². The molecule has 0 aromatic heterocycles. The van der Waals surface area contributed by atoms with Gasteiger partial charge in [-0.2, -0.15) is 0 Å². The van der Waals surface area contributed by atoms with Gasteiger partial charge in [-0.05, 0) is 26.0 Å². The molecule has 0 aliphatic rings. The molecule has 1 rings (SSSR count). The van der Waals surface area contributed by atoms with E-state index in [0.29, 0.717) is 10.0 Å². The summed E-state index contributed by atoms with van der Waals surface area (Å²) in [6.45, 7) is 3.30. The zero-order valence-electron chi connectivity index (χ0n) is 10.9. The van der Waals surface area contributed by atoms with Crippen molar-refractivity contribution in [3.63, 3.8) is 0 Å². The molecule has 19 heavy (non-hydrogen) atoms. The van der Waals surface area contributed by atoms with Crippen molar-refractivity contribution in [1.29, 1.82) is 0 Å². The van der Waals surface area contributed by atoms with Gasteiger partial charge in [-0.1, -0.05) is 15.9 Å². The largest absolute Gasteiger partial charge is 0.505 e. The molecule has 0 radical (unpaired) electrons. The average molecular weight is 354 g/mol. The Morgan fingerprint density at radius 1 is 1.47 bits per heavy atom. The number of hydrogen-bond acceptors (Lipinski definition) is 5. The highest BCUT2D eigenvalue weighted by molar-refractivity contribution is 9.10. The van der Waals surface area contributed by atoms with E-state index in [1.165, 1.54) is 7.11 Å². The quantitative estimate of drug-likeness (QED) is 0.440. The van der Waals surface area contributed by atoms with E-state index < -0.39 is 17.4 Å². The van der Waals surface area contributed by atoms with Crippen molar-refractivity contribution in [2.45, 2.75) is 19.9 Å². The highest BCUT2D eigenvalue weighted by Gasteiger charge is 2.39. The summed E-state index contributed by atoms with van der Waals surface area (Å²) in [4.78, 5) is 11.7. The van der Waals surface area contributed by atoms with Gasteiger partial charge in [-0.15, -0.1) is 12.4 Å². The van der Waals surface area contributed by atoms with Crippen LogP contribution in [-0.2, 0) is 9.53 Å². The number of hydrogen-bond donors (Lipinski definition) is 3. The summed E-state index contributed by atoms with van der Waals surface area (Å²) < 4.78 is 5.32. The Hall–Kier alpha value is -0.980. The standard InChI is InChI=1S/C12H17BrN2O3.ClH/c1-12(2,11(17)18-3)10(15)8-6(13)4-5-7(14)9(8)16;/h4-5,10,16H,14-15H2,1-3H3;1H/t10-;/m0./s1. The Balaban J connectivity index is 0.00000324. The van der Waals surface area contributed by atoms with Gasteiger partial charge < -0.3 is 21.3 Å². The predicted octanol–water partition coefficient (Wildman–Crippen LogP) is 2.36. The van der Waals surface area contributed by atoms with Crippen LogP contribution in [0.3, 0.4) is 0 Å². The van der Waals surface area contributed by atoms with Crippen molar-refractivity contribution >= 4 is 40.0 Å². The molecule has 0 aliphatic heterocycles. The number of methoxy groups -OCH3 is 1. The van der Waals surface area contributed by atoms with Crippen molar-refractivity contribution in [2.75, 3.05) is 12.8 Å². The van der Waals surface area contributed by atoms with Crippen LogP contribution in [0.2, 0.25) is 0 Å². The van der Waals surface area contributed by atoms with E-state index in [2.05, 4.69) is 15.9 Å². The second kappa shape index (κ2) is 6.45. The van der Waals surface area contributed by atoms with Gasteiger partial charge >= 0.3 is 5.97 Å². The zero-order chi connectivity index (χ0) is 14.1. The normalized spacial score (nSPS) is 12.5. The first kappa shape index (κ1) is 18.0. The van der Waals surface area contributed by atoms with Gasteiger partial charge in [0.05, 0.1) is 24.3 Å². The SMILES string of the molecule is COC(=O)C(C)(C)[C@@H](N)c1c(Br)ccc(N)c1O.Cl. The molecule has 108 valence electrons. The molecule has 0 unspecified atom stereocenters. The number of nitrogen functional groups attached to an aromatic ring is 1. The summed E-state index contributed by atoms with van der Waals surface area (Å²) in [7, 11) is 1.30. The van der Waals surface area contributed by atoms with Gasteiger partial charge in [0.15, 0.2) is 0 Å². The Bertz CT molecular complexity index is 480. The minimum Gasteiger partial charge on any atom is -0.505 e. The third-order valence-electron chi connectivity index (χ3n) is 3.00. The van der Waals surface area contributed by atoms with Crippen molar-refractivity contribution in [2.24, 2.45) is 11.1 Å². The third-order valence-corrected chi connectivity index (χ3v) is 3.69. The molecule has 5 N–H and O–H groups in total. The monoisotopic (exact) mass is 352 g/mol. The number of aromatic hydroxyl groups is 1. The van der Waals surface area contributed by atoms with Crippen LogP contribution in [0.4, 0.5) is 5.69 Å². The van der Waals surface area contributed by atoms with E-state index in [9.17, 15) is 9.90 Å². The Morgan fingerprint density at radius 3 is 2.47 bits per heavy atom. The summed E-state index contributed by atoms with van der Waals surface area (Å²) in [5, 5.41) is 9.98. The number of rotatable bonds is 3. The molecule has 5 nitrogen and oxygen atoms in total. The number of benzene rings is 1. The van der Waals surface area contributed by atoms with Gasteiger partial charge in [0.2, 0.25) is 0 Å². The maximum atomic E-state index is 11.7. The molecule has 0 spiro atoms. The van der Waals surface area contributed by atoms with Crippen LogP contribution in [-0.4, -0.2) is 18.2 Å². The number of phenols is 1. The average Bonchev–Trinajstić information content (AvgIpc) is 2.33. The number of nitrogens with two attached hydrogens (primary N) is 2. The highest BCUT2D eigenvalue weighted by Crippen LogP contribution is 2.42. The third kappa shape index (κ3) is 3.32.